The zero-order valence-electron chi connectivity index (χ0n) is 38.4. The lowest BCUT2D eigenvalue weighted by Crippen LogP contribution is -2.09. The normalized spacial score (nSPS) is 10.4. The summed E-state index contributed by atoms with van der Waals surface area (Å²) >= 11 is 0. The van der Waals surface area contributed by atoms with Crippen LogP contribution >= 0.6 is 0 Å². The summed E-state index contributed by atoms with van der Waals surface area (Å²) in [4.78, 5) is 58.6. The van der Waals surface area contributed by atoms with Gasteiger partial charge in [0.1, 0.15) is 23.0 Å². The molecule has 3 aromatic carbocycles. The molecule has 64 heavy (non-hydrogen) atoms. The van der Waals surface area contributed by atoms with Crippen molar-refractivity contribution in [3.63, 3.8) is 0 Å². The van der Waals surface area contributed by atoms with Crippen LogP contribution in [0.4, 0.5) is 0 Å². The van der Waals surface area contributed by atoms with E-state index in [9.17, 15) is 24.0 Å². The van der Waals surface area contributed by atoms with Gasteiger partial charge in [-0.05, 0) is 138 Å². The van der Waals surface area contributed by atoms with Crippen LogP contribution in [0.1, 0.15) is 151 Å². The summed E-state index contributed by atoms with van der Waals surface area (Å²) in [6, 6.07) is 19.6. The summed E-state index contributed by atoms with van der Waals surface area (Å²) in [5.74, 6) is 0.101. The Morgan fingerprint density at radius 3 is 1.36 bits per heavy atom. The standard InChI is InChI=1S/C31H32O8.C21H38O4/c1-3-29(32)37-22-8-6-5-7-21-36-26-15-11-24(12-16-26)31(34)39-28-19-17-27(18-20-28)38-30(33)23-9-13-25(14-10-23)35-4-2;1-4-5-6-7-8-9-10-11-14-17-24-20(22)16-13-12-15-18-25-21(23)19(2)3/h3,9-20H,1,4-8,21-22H2,2H3;2,4-18H2,1,3H3. The molecule has 0 heterocycles. The van der Waals surface area contributed by atoms with Gasteiger partial charge in [0.25, 0.3) is 0 Å². The summed E-state index contributed by atoms with van der Waals surface area (Å²) in [7, 11) is 0. The number of carbonyl (C=O) groups is 5. The molecule has 0 aromatic heterocycles. The van der Waals surface area contributed by atoms with E-state index in [-0.39, 0.29) is 11.9 Å². The Balaban J connectivity index is 0.000000489. The maximum absolute atomic E-state index is 12.5. The molecular formula is C52H70O12. The van der Waals surface area contributed by atoms with Crippen LogP contribution in [0.25, 0.3) is 0 Å². The summed E-state index contributed by atoms with van der Waals surface area (Å²) in [6.45, 7) is 15.1. The van der Waals surface area contributed by atoms with Crippen molar-refractivity contribution < 1.29 is 57.1 Å². The van der Waals surface area contributed by atoms with Crippen molar-refractivity contribution in [2.75, 3.05) is 33.0 Å². The highest BCUT2D eigenvalue weighted by Gasteiger charge is 2.12. The van der Waals surface area contributed by atoms with E-state index >= 15 is 0 Å². The second kappa shape index (κ2) is 34.6. The summed E-state index contributed by atoms with van der Waals surface area (Å²) in [5, 5.41) is 0. The fraction of sp³-hybridized carbons (Fsp3) is 0.481. The van der Waals surface area contributed by atoms with Crippen molar-refractivity contribution >= 4 is 29.8 Å². The van der Waals surface area contributed by atoms with E-state index in [1.165, 1.54) is 44.9 Å². The topological polar surface area (TPSA) is 150 Å². The van der Waals surface area contributed by atoms with Crippen LogP contribution in [0.5, 0.6) is 23.0 Å². The molecule has 3 aromatic rings. The van der Waals surface area contributed by atoms with Crippen LogP contribution in [-0.4, -0.2) is 62.9 Å². The third-order valence-electron chi connectivity index (χ3n) is 9.57. The molecule has 0 aliphatic rings. The highest BCUT2D eigenvalue weighted by Crippen LogP contribution is 2.22. The van der Waals surface area contributed by atoms with Crippen LogP contribution in [0.3, 0.4) is 0 Å². The van der Waals surface area contributed by atoms with Gasteiger partial charge in [-0.2, -0.15) is 0 Å². The zero-order valence-corrected chi connectivity index (χ0v) is 38.4. The van der Waals surface area contributed by atoms with Crippen LogP contribution in [0.2, 0.25) is 0 Å². The minimum absolute atomic E-state index is 0.113. The first-order chi connectivity index (χ1) is 31.1. The van der Waals surface area contributed by atoms with Gasteiger partial charge >= 0.3 is 29.8 Å². The van der Waals surface area contributed by atoms with Crippen molar-refractivity contribution in [2.24, 2.45) is 0 Å². The molecule has 0 spiro atoms. The Morgan fingerprint density at radius 2 is 0.891 bits per heavy atom. The zero-order chi connectivity index (χ0) is 46.6. The van der Waals surface area contributed by atoms with Crippen LogP contribution in [-0.2, 0) is 28.6 Å². The van der Waals surface area contributed by atoms with Crippen molar-refractivity contribution in [3.8, 4) is 23.0 Å². The van der Waals surface area contributed by atoms with Gasteiger partial charge < -0.3 is 33.2 Å². The minimum Gasteiger partial charge on any atom is -0.494 e. The van der Waals surface area contributed by atoms with Gasteiger partial charge in [-0.3, -0.25) is 4.79 Å². The molecule has 0 fully saturated rings. The highest BCUT2D eigenvalue weighted by molar-refractivity contribution is 5.92. The van der Waals surface area contributed by atoms with Gasteiger partial charge in [0, 0.05) is 18.1 Å². The summed E-state index contributed by atoms with van der Waals surface area (Å²) in [5.41, 5.74) is 1.19. The molecule has 350 valence electrons. The van der Waals surface area contributed by atoms with Crippen molar-refractivity contribution in [3.05, 3.63) is 109 Å². The summed E-state index contributed by atoms with van der Waals surface area (Å²) < 4.78 is 37.1. The third kappa shape index (κ3) is 25.9. The van der Waals surface area contributed by atoms with Gasteiger partial charge in [0.05, 0.1) is 44.2 Å². The molecule has 3 rings (SSSR count). The van der Waals surface area contributed by atoms with E-state index in [0.29, 0.717) is 79.2 Å². The predicted molar refractivity (Wildman–Crippen MR) is 248 cm³/mol. The predicted octanol–water partition coefficient (Wildman–Crippen LogP) is 11.9. The molecule has 12 heteroatoms. The largest absolute Gasteiger partial charge is 0.494 e. The number of hydrogen-bond acceptors (Lipinski definition) is 12. The number of ether oxygens (including phenoxy) is 7. The number of hydrogen-bond donors (Lipinski definition) is 0. The molecule has 12 nitrogen and oxygen atoms in total. The Kier molecular flexibility index (Phi) is 29.3. The monoisotopic (exact) mass is 886 g/mol. The van der Waals surface area contributed by atoms with Crippen molar-refractivity contribution in [1.82, 2.24) is 0 Å². The second-order valence-electron chi connectivity index (χ2n) is 15.1. The Hall–Kier alpha value is -5.91. The van der Waals surface area contributed by atoms with Crippen LogP contribution in [0.15, 0.2) is 97.6 Å². The van der Waals surface area contributed by atoms with Gasteiger partial charge in [-0.1, -0.05) is 71.4 Å². The average Bonchev–Trinajstić information content (AvgIpc) is 3.30. The van der Waals surface area contributed by atoms with Gasteiger partial charge in [-0.25, -0.2) is 19.2 Å². The molecular weight excluding hydrogens is 817 g/mol. The Bertz CT molecular complexity index is 1800. The first kappa shape index (κ1) is 54.2. The van der Waals surface area contributed by atoms with E-state index in [1.807, 2.05) is 6.92 Å². The average molecular weight is 887 g/mol. The second-order valence-corrected chi connectivity index (χ2v) is 15.1. The van der Waals surface area contributed by atoms with Gasteiger partial charge in [-0.15, -0.1) is 0 Å². The molecule has 0 radical (unpaired) electrons. The minimum atomic E-state index is -0.516. The third-order valence-corrected chi connectivity index (χ3v) is 9.57. The lowest BCUT2D eigenvalue weighted by Gasteiger charge is -2.09. The molecule has 0 aliphatic carbocycles. The lowest BCUT2D eigenvalue weighted by molar-refractivity contribution is -0.144. The molecule has 0 bridgehead atoms. The van der Waals surface area contributed by atoms with E-state index in [4.69, 9.17) is 33.2 Å². The van der Waals surface area contributed by atoms with Crippen LogP contribution < -0.4 is 18.9 Å². The van der Waals surface area contributed by atoms with E-state index in [0.717, 1.165) is 63.9 Å². The van der Waals surface area contributed by atoms with E-state index in [2.05, 4.69) is 20.1 Å². The maximum atomic E-state index is 12.5. The first-order valence-corrected chi connectivity index (χ1v) is 22.8. The first-order valence-electron chi connectivity index (χ1n) is 22.8. The number of unbranched alkanes of at least 4 members (excludes halogenated alkanes) is 13. The molecule has 0 N–H and O–H groups in total. The molecule has 0 aliphatic heterocycles. The Labute approximate surface area is 380 Å². The smallest absolute Gasteiger partial charge is 0.343 e. The lowest BCUT2D eigenvalue weighted by atomic mass is 10.1. The van der Waals surface area contributed by atoms with E-state index < -0.39 is 17.9 Å². The molecule has 0 atom stereocenters. The molecule has 0 amide bonds. The Morgan fingerprint density at radius 1 is 0.484 bits per heavy atom. The highest BCUT2D eigenvalue weighted by atomic mass is 16.6. The number of esters is 5. The van der Waals surface area contributed by atoms with E-state index in [1.54, 1.807) is 79.7 Å². The van der Waals surface area contributed by atoms with Crippen molar-refractivity contribution in [1.29, 1.82) is 0 Å². The number of carbonyl (C=O) groups excluding carboxylic acids is 5. The van der Waals surface area contributed by atoms with Gasteiger partial charge in [0.2, 0.25) is 0 Å². The quantitative estimate of drug-likeness (QED) is 0.0193. The SMILES string of the molecule is C=C(C)C(=O)OCCCCCC(=O)OCCCCCCCCCCC.C=CC(=O)OCCCCCCOc1ccc(C(=O)Oc2ccc(OC(=O)c3ccc(OCC)cc3)cc2)cc1. The summed E-state index contributed by atoms with van der Waals surface area (Å²) in [6.07, 6.45) is 18.9. The fourth-order valence-corrected chi connectivity index (χ4v) is 5.94. The number of rotatable bonds is 32. The molecule has 0 saturated carbocycles. The van der Waals surface area contributed by atoms with Crippen LogP contribution in [0, 0.1) is 0 Å². The molecule has 0 saturated heterocycles. The maximum Gasteiger partial charge on any atom is 0.343 e. The molecule has 0 unspecified atom stereocenters. The van der Waals surface area contributed by atoms with Gasteiger partial charge in [0.15, 0.2) is 0 Å². The number of benzene rings is 3. The van der Waals surface area contributed by atoms with Crippen molar-refractivity contribution in [2.45, 2.75) is 130 Å². The fourth-order valence-electron chi connectivity index (χ4n) is 5.94.